The first-order valence-corrected chi connectivity index (χ1v) is 4.69. The summed E-state index contributed by atoms with van der Waals surface area (Å²) in [6, 6.07) is 4.96. The second-order valence-electron chi connectivity index (χ2n) is 3.32. The highest BCUT2D eigenvalue weighted by atomic mass is 19.1. The minimum Gasteiger partial charge on any atom is -0.330 e. The highest BCUT2D eigenvalue weighted by molar-refractivity contribution is 5.26. The van der Waals surface area contributed by atoms with Gasteiger partial charge in [-0.15, -0.1) is 0 Å². The molecular weight excluding hydrogens is 165 g/mol. The molecule has 0 unspecified atom stereocenters. The van der Waals surface area contributed by atoms with Gasteiger partial charge in [-0.25, -0.2) is 4.39 Å². The molecule has 2 N–H and O–H groups in total. The van der Waals surface area contributed by atoms with Crippen molar-refractivity contribution >= 4 is 0 Å². The van der Waals surface area contributed by atoms with Crippen molar-refractivity contribution < 1.29 is 4.39 Å². The fourth-order valence-electron chi connectivity index (χ4n) is 1.40. The van der Waals surface area contributed by atoms with Crippen LogP contribution in [0, 0.1) is 12.7 Å². The quantitative estimate of drug-likeness (QED) is 0.709. The number of hydrogen-bond acceptors (Lipinski definition) is 1. The molecule has 0 aliphatic rings. The standard InChI is InChI=1S/C11H16FN/c1-9-8-11(12)6-5-10(9)4-2-3-7-13/h5-6,8H,2-4,7,13H2,1H3. The number of aryl methyl sites for hydroxylation is 2. The summed E-state index contributed by atoms with van der Waals surface area (Å²) in [5, 5.41) is 0. The van der Waals surface area contributed by atoms with E-state index < -0.39 is 0 Å². The largest absolute Gasteiger partial charge is 0.330 e. The Balaban J connectivity index is 2.56. The highest BCUT2D eigenvalue weighted by Gasteiger charge is 1.99. The summed E-state index contributed by atoms with van der Waals surface area (Å²) >= 11 is 0. The average molecular weight is 181 g/mol. The molecule has 0 saturated heterocycles. The maximum absolute atomic E-state index is 12.7. The van der Waals surface area contributed by atoms with Crippen molar-refractivity contribution in [2.45, 2.75) is 26.2 Å². The predicted octanol–water partition coefficient (Wildman–Crippen LogP) is 2.42. The summed E-state index contributed by atoms with van der Waals surface area (Å²) < 4.78 is 12.7. The molecule has 0 aromatic heterocycles. The lowest BCUT2D eigenvalue weighted by atomic mass is 10.0. The Morgan fingerprint density at radius 3 is 2.69 bits per heavy atom. The molecule has 1 aromatic carbocycles. The third-order valence-corrected chi connectivity index (χ3v) is 2.20. The molecule has 0 spiro atoms. The first kappa shape index (κ1) is 10.2. The molecule has 0 bridgehead atoms. The SMILES string of the molecule is Cc1cc(F)ccc1CCCCN. The number of halogens is 1. The van der Waals surface area contributed by atoms with Crippen molar-refractivity contribution in [2.75, 3.05) is 6.54 Å². The van der Waals surface area contributed by atoms with E-state index in [1.807, 2.05) is 13.0 Å². The molecule has 0 radical (unpaired) electrons. The Morgan fingerprint density at radius 2 is 2.08 bits per heavy atom. The van der Waals surface area contributed by atoms with Crippen LogP contribution in [0.2, 0.25) is 0 Å². The molecular formula is C11H16FN. The van der Waals surface area contributed by atoms with Gasteiger partial charge in [-0.3, -0.25) is 0 Å². The van der Waals surface area contributed by atoms with Crippen molar-refractivity contribution in [3.8, 4) is 0 Å². The Labute approximate surface area is 78.8 Å². The van der Waals surface area contributed by atoms with Gasteiger partial charge in [0.15, 0.2) is 0 Å². The van der Waals surface area contributed by atoms with Gasteiger partial charge in [-0.1, -0.05) is 6.07 Å². The molecule has 13 heavy (non-hydrogen) atoms. The molecule has 1 rings (SSSR count). The predicted molar refractivity (Wildman–Crippen MR) is 53.1 cm³/mol. The fourth-order valence-corrected chi connectivity index (χ4v) is 1.40. The van der Waals surface area contributed by atoms with Crippen molar-refractivity contribution in [3.63, 3.8) is 0 Å². The molecule has 0 heterocycles. The van der Waals surface area contributed by atoms with Crippen LogP contribution in [0.4, 0.5) is 4.39 Å². The first-order chi connectivity index (χ1) is 6.24. The van der Waals surface area contributed by atoms with E-state index in [4.69, 9.17) is 5.73 Å². The van der Waals surface area contributed by atoms with E-state index >= 15 is 0 Å². The van der Waals surface area contributed by atoms with Crippen LogP contribution in [-0.2, 0) is 6.42 Å². The van der Waals surface area contributed by atoms with Crippen LogP contribution >= 0.6 is 0 Å². The van der Waals surface area contributed by atoms with Crippen molar-refractivity contribution in [3.05, 3.63) is 35.1 Å². The minimum absolute atomic E-state index is 0.153. The fraction of sp³-hybridized carbons (Fsp3) is 0.455. The number of benzene rings is 1. The highest BCUT2D eigenvalue weighted by Crippen LogP contribution is 2.12. The van der Waals surface area contributed by atoms with Crippen LogP contribution in [-0.4, -0.2) is 6.54 Å². The Kier molecular flexibility index (Phi) is 3.90. The van der Waals surface area contributed by atoms with Crippen LogP contribution in [0.25, 0.3) is 0 Å². The summed E-state index contributed by atoms with van der Waals surface area (Å²) in [5.74, 6) is -0.153. The second-order valence-corrected chi connectivity index (χ2v) is 3.32. The molecule has 0 amide bonds. The van der Waals surface area contributed by atoms with Gasteiger partial charge in [-0.2, -0.15) is 0 Å². The normalized spacial score (nSPS) is 10.4. The van der Waals surface area contributed by atoms with E-state index in [1.54, 1.807) is 6.07 Å². The zero-order valence-electron chi connectivity index (χ0n) is 8.02. The molecule has 0 aliphatic heterocycles. The minimum atomic E-state index is -0.153. The van der Waals surface area contributed by atoms with Crippen LogP contribution in [0.15, 0.2) is 18.2 Å². The van der Waals surface area contributed by atoms with Gasteiger partial charge in [0, 0.05) is 0 Å². The van der Waals surface area contributed by atoms with Crippen molar-refractivity contribution in [2.24, 2.45) is 5.73 Å². The summed E-state index contributed by atoms with van der Waals surface area (Å²) in [7, 11) is 0. The van der Waals surface area contributed by atoms with E-state index in [0.717, 1.165) is 31.4 Å². The maximum atomic E-state index is 12.7. The topological polar surface area (TPSA) is 26.0 Å². The monoisotopic (exact) mass is 181 g/mol. The Hall–Kier alpha value is -0.890. The van der Waals surface area contributed by atoms with Crippen LogP contribution in [0.3, 0.4) is 0 Å². The molecule has 1 nitrogen and oxygen atoms in total. The molecule has 0 saturated carbocycles. The lowest BCUT2D eigenvalue weighted by molar-refractivity contribution is 0.624. The summed E-state index contributed by atoms with van der Waals surface area (Å²) in [6.07, 6.45) is 3.13. The molecule has 0 aliphatic carbocycles. The zero-order chi connectivity index (χ0) is 9.68. The lowest BCUT2D eigenvalue weighted by Gasteiger charge is -2.04. The van der Waals surface area contributed by atoms with E-state index in [1.165, 1.54) is 11.6 Å². The van der Waals surface area contributed by atoms with E-state index in [2.05, 4.69) is 0 Å². The molecule has 1 aromatic rings. The van der Waals surface area contributed by atoms with Gasteiger partial charge >= 0.3 is 0 Å². The van der Waals surface area contributed by atoms with E-state index in [-0.39, 0.29) is 5.82 Å². The van der Waals surface area contributed by atoms with Gasteiger partial charge in [0.1, 0.15) is 5.82 Å². The smallest absolute Gasteiger partial charge is 0.123 e. The van der Waals surface area contributed by atoms with Gasteiger partial charge in [0.05, 0.1) is 0 Å². The average Bonchev–Trinajstić information content (AvgIpc) is 2.09. The molecule has 2 heteroatoms. The number of hydrogen-bond donors (Lipinski definition) is 1. The summed E-state index contributed by atoms with van der Waals surface area (Å²) in [5.41, 5.74) is 7.67. The molecule has 72 valence electrons. The summed E-state index contributed by atoms with van der Waals surface area (Å²) in [4.78, 5) is 0. The van der Waals surface area contributed by atoms with E-state index in [9.17, 15) is 4.39 Å². The zero-order valence-corrected chi connectivity index (χ0v) is 8.02. The van der Waals surface area contributed by atoms with Gasteiger partial charge in [0.2, 0.25) is 0 Å². The number of unbranched alkanes of at least 4 members (excludes halogenated alkanes) is 1. The van der Waals surface area contributed by atoms with Crippen LogP contribution in [0.5, 0.6) is 0 Å². The number of rotatable bonds is 4. The van der Waals surface area contributed by atoms with Crippen molar-refractivity contribution in [1.82, 2.24) is 0 Å². The third-order valence-electron chi connectivity index (χ3n) is 2.20. The van der Waals surface area contributed by atoms with Crippen LogP contribution in [0.1, 0.15) is 24.0 Å². The lowest BCUT2D eigenvalue weighted by Crippen LogP contribution is -1.99. The third kappa shape index (κ3) is 3.15. The van der Waals surface area contributed by atoms with Crippen LogP contribution < -0.4 is 5.73 Å². The molecule has 0 atom stereocenters. The maximum Gasteiger partial charge on any atom is 0.123 e. The first-order valence-electron chi connectivity index (χ1n) is 4.69. The molecule has 0 fully saturated rings. The van der Waals surface area contributed by atoms with Crippen molar-refractivity contribution in [1.29, 1.82) is 0 Å². The number of nitrogens with two attached hydrogens (primary N) is 1. The summed E-state index contributed by atoms with van der Waals surface area (Å²) in [6.45, 7) is 2.68. The van der Waals surface area contributed by atoms with Gasteiger partial charge in [-0.05, 0) is 56.0 Å². The van der Waals surface area contributed by atoms with Gasteiger partial charge < -0.3 is 5.73 Å². The van der Waals surface area contributed by atoms with Gasteiger partial charge in [0.25, 0.3) is 0 Å². The second kappa shape index (κ2) is 4.97. The Bertz CT molecular complexity index is 271. The Morgan fingerprint density at radius 1 is 1.31 bits per heavy atom. The van der Waals surface area contributed by atoms with E-state index in [0.29, 0.717) is 0 Å².